The van der Waals surface area contributed by atoms with E-state index in [0.717, 1.165) is 41.9 Å². The Balaban J connectivity index is 1.32. The van der Waals surface area contributed by atoms with E-state index in [2.05, 4.69) is 9.97 Å². The van der Waals surface area contributed by atoms with Gasteiger partial charge in [0, 0.05) is 24.5 Å². The van der Waals surface area contributed by atoms with Crippen molar-refractivity contribution in [1.82, 2.24) is 14.9 Å². The summed E-state index contributed by atoms with van der Waals surface area (Å²) in [7, 11) is 0. The third-order valence-electron chi connectivity index (χ3n) is 4.55. The van der Waals surface area contributed by atoms with Gasteiger partial charge in [0.1, 0.15) is 5.82 Å². The minimum Gasteiger partial charge on any atom is -0.342 e. The molecule has 4 rings (SSSR count). The molecule has 0 atom stereocenters. The molecular formula is C19H18ClN3O. The number of benzene rings is 2. The Morgan fingerprint density at radius 2 is 2.04 bits per heavy atom. The van der Waals surface area contributed by atoms with Gasteiger partial charge in [-0.3, -0.25) is 4.79 Å². The van der Waals surface area contributed by atoms with Gasteiger partial charge in [-0.2, -0.15) is 0 Å². The van der Waals surface area contributed by atoms with E-state index in [1.807, 2.05) is 53.4 Å². The van der Waals surface area contributed by atoms with Gasteiger partial charge >= 0.3 is 0 Å². The van der Waals surface area contributed by atoms with Crippen LogP contribution in [0.3, 0.4) is 0 Å². The predicted molar refractivity (Wildman–Crippen MR) is 95.2 cm³/mol. The number of likely N-dealkylation sites (tertiary alicyclic amines) is 1. The van der Waals surface area contributed by atoms with Gasteiger partial charge in [-0.15, -0.1) is 0 Å². The summed E-state index contributed by atoms with van der Waals surface area (Å²) in [5.41, 5.74) is 3.14. The third kappa shape index (κ3) is 3.02. The zero-order valence-corrected chi connectivity index (χ0v) is 14.0. The Labute approximate surface area is 145 Å². The Morgan fingerprint density at radius 1 is 1.21 bits per heavy atom. The minimum atomic E-state index is 0.197. The van der Waals surface area contributed by atoms with Gasteiger partial charge in [-0.1, -0.05) is 35.9 Å². The van der Waals surface area contributed by atoms with Crippen molar-refractivity contribution < 1.29 is 4.79 Å². The lowest BCUT2D eigenvalue weighted by molar-refractivity contribution is -0.135. The molecule has 2 heterocycles. The number of aromatic nitrogens is 2. The Kier molecular flexibility index (Phi) is 3.98. The molecule has 0 bridgehead atoms. The van der Waals surface area contributed by atoms with E-state index in [0.29, 0.717) is 17.4 Å². The number of aromatic amines is 1. The van der Waals surface area contributed by atoms with Crippen LogP contribution in [0.2, 0.25) is 5.02 Å². The summed E-state index contributed by atoms with van der Waals surface area (Å²) >= 11 is 5.98. The Morgan fingerprint density at radius 3 is 2.83 bits per heavy atom. The highest BCUT2D eigenvalue weighted by Crippen LogP contribution is 2.27. The van der Waals surface area contributed by atoms with Gasteiger partial charge in [0.2, 0.25) is 5.91 Å². The second-order valence-electron chi connectivity index (χ2n) is 6.26. The van der Waals surface area contributed by atoms with Crippen LogP contribution >= 0.6 is 11.6 Å². The Bertz CT molecular complexity index is 850. The fraction of sp³-hybridized carbons (Fsp3) is 0.263. The number of carbonyl (C=O) groups is 1. The minimum absolute atomic E-state index is 0.197. The van der Waals surface area contributed by atoms with E-state index in [9.17, 15) is 4.79 Å². The van der Waals surface area contributed by atoms with Crippen molar-refractivity contribution in [2.24, 2.45) is 0 Å². The maximum atomic E-state index is 12.3. The number of hydrogen-bond acceptors (Lipinski definition) is 2. The highest BCUT2D eigenvalue weighted by atomic mass is 35.5. The number of nitrogens with one attached hydrogen (secondary N) is 1. The smallest absolute Gasteiger partial charge is 0.222 e. The van der Waals surface area contributed by atoms with Crippen molar-refractivity contribution >= 4 is 28.5 Å². The van der Waals surface area contributed by atoms with Crippen LogP contribution in [0.25, 0.3) is 11.0 Å². The van der Waals surface area contributed by atoms with Crippen LogP contribution in [0.5, 0.6) is 0 Å². The number of amides is 1. The molecule has 4 nitrogen and oxygen atoms in total. The van der Waals surface area contributed by atoms with Gasteiger partial charge in [0.25, 0.3) is 0 Å². The molecule has 1 aliphatic heterocycles. The second-order valence-corrected chi connectivity index (χ2v) is 6.70. The summed E-state index contributed by atoms with van der Waals surface area (Å²) in [5, 5.41) is 0.717. The zero-order chi connectivity index (χ0) is 16.5. The summed E-state index contributed by atoms with van der Waals surface area (Å²) in [5.74, 6) is 1.49. The summed E-state index contributed by atoms with van der Waals surface area (Å²) in [6, 6.07) is 15.7. The van der Waals surface area contributed by atoms with Crippen molar-refractivity contribution in [3.05, 3.63) is 64.9 Å². The largest absolute Gasteiger partial charge is 0.342 e. The monoisotopic (exact) mass is 339 g/mol. The molecule has 1 amide bonds. The molecule has 1 aliphatic rings. The molecule has 122 valence electrons. The molecule has 0 aliphatic carbocycles. The van der Waals surface area contributed by atoms with E-state index in [-0.39, 0.29) is 5.91 Å². The van der Waals surface area contributed by atoms with E-state index in [1.165, 1.54) is 0 Å². The van der Waals surface area contributed by atoms with Crippen LogP contribution in [-0.4, -0.2) is 33.9 Å². The van der Waals surface area contributed by atoms with Crippen molar-refractivity contribution in [1.29, 1.82) is 0 Å². The van der Waals surface area contributed by atoms with Gasteiger partial charge < -0.3 is 9.88 Å². The van der Waals surface area contributed by atoms with E-state index >= 15 is 0 Å². The van der Waals surface area contributed by atoms with E-state index < -0.39 is 0 Å². The lowest BCUT2D eigenvalue weighted by atomic mass is 9.98. The number of fused-ring (bicyclic) bond motifs is 1. The Hall–Kier alpha value is -2.33. The molecule has 0 spiro atoms. The number of hydrogen-bond donors (Lipinski definition) is 1. The first kappa shape index (κ1) is 15.2. The van der Waals surface area contributed by atoms with E-state index in [1.54, 1.807) is 0 Å². The fourth-order valence-electron chi connectivity index (χ4n) is 3.12. The first-order valence-electron chi connectivity index (χ1n) is 8.16. The molecule has 1 saturated heterocycles. The first-order chi connectivity index (χ1) is 11.7. The number of halogens is 1. The fourth-order valence-corrected chi connectivity index (χ4v) is 3.34. The molecule has 1 aromatic heterocycles. The number of nitrogens with zero attached hydrogens (tertiary/aromatic N) is 2. The van der Waals surface area contributed by atoms with Gasteiger partial charge in [0.05, 0.1) is 17.0 Å². The quantitative estimate of drug-likeness (QED) is 0.786. The van der Waals surface area contributed by atoms with E-state index in [4.69, 9.17) is 11.6 Å². The number of carbonyl (C=O) groups excluding carboxylic acids is 1. The van der Waals surface area contributed by atoms with Crippen molar-refractivity contribution in [3.8, 4) is 0 Å². The maximum absolute atomic E-state index is 12.3. The molecule has 0 radical (unpaired) electrons. The second kappa shape index (κ2) is 6.29. The average Bonchev–Trinajstić information content (AvgIpc) is 2.95. The van der Waals surface area contributed by atoms with Crippen LogP contribution in [0, 0.1) is 0 Å². The van der Waals surface area contributed by atoms with Gasteiger partial charge in [-0.05, 0) is 36.2 Å². The lowest BCUT2D eigenvalue weighted by Gasteiger charge is -2.38. The average molecular weight is 340 g/mol. The molecule has 5 heteroatoms. The summed E-state index contributed by atoms with van der Waals surface area (Å²) in [4.78, 5) is 22.2. The van der Waals surface area contributed by atoms with Crippen LogP contribution in [0.1, 0.15) is 23.7 Å². The van der Waals surface area contributed by atoms with Gasteiger partial charge in [0.15, 0.2) is 0 Å². The van der Waals surface area contributed by atoms with Crippen LogP contribution < -0.4 is 0 Å². The maximum Gasteiger partial charge on any atom is 0.222 e. The molecule has 1 fully saturated rings. The molecule has 0 unspecified atom stereocenters. The predicted octanol–water partition coefficient (Wildman–Crippen LogP) is 3.77. The highest BCUT2D eigenvalue weighted by Gasteiger charge is 2.33. The van der Waals surface area contributed by atoms with Crippen molar-refractivity contribution in [3.63, 3.8) is 0 Å². The SMILES string of the molecule is O=C(CCc1cccc(Cl)c1)N1CC(c2nc3ccccc3[nH]2)C1. The molecule has 3 aromatic rings. The van der Waals surface area contributed by atoms with Crippen LogP contribution in [-0.2, 0) is 11.2 Å². The normalized spacial score (nSPS) is 14.8. The summed E-state index contributed by atoms with van der Waals surface area (Å²) < 4.78 is 0. The zero-order valence-electron chi connectivity index (χ0n) is 13.2. The number of rotatable bonds is 4. The molecule has 1 N–H and O–H groups in total. The summed E-state index contributed by atoms with van der Waals surface area (Å²) in [6.45, 7) is 1.49. The number of aryl methyl sites for hydroxylation is 1. The standard InChI is InChI=1S/C19H18ClN3O/c20-15-5-3-4-13(10-15)8-9-18(24)23-11-14(12-23)19-21-16-6-1-2-7-17(16)22-19/h1-7,10,14H,8-9,11-12H2,(H,21,22). The molecule has 0 saturated carbocycles. The molecule has 24 heavy (non-hydrogen) atoms. The number of H-pyrrole nitrogens is 1. The topological polar surface area (TPSA) is 49.0 Å². The molecule has 2 aromatic carbocycles. The highest BCUT2D eigenvalue weighted by molar-refractivity contribution is 6.30. The van der Waals surface area contributed by atoms with Crippen molar-refractivity contribution in [2.45, 2.75) is 18.8 Å². The third-order valence-corrected chi connectivity index (χ3v) is 4.78. The number of imidazole rings is 1. The number of para-hydroxylation sites is 2. The van der Waals surface area contributed by atoms with Gasteiger partial charge in [-0.25, -0.2) is 4.98 Å². The first-order valence-corrected chi connectivity index (χ1v) is 8.54. The van der Waals surface area contributed by atoms with Crippen molar-refractivity contribution in [2.75, 3.05) is 13.1 Å². The summed E-state index contributed by atoms with van der Waals surface area (Å²) in [6.07, 6.45) is 1.25. The van der Waals surface area contributed by atoms with Crippen LogP contribution in [0.15, 0.2) is 48.5 Å². The lowest BCUT2D eigenvalue weighted by Crippen LogP contribution is -2.48. The molecular weight excluding hydrogens is 322 g/mol. The van der Waals surface area contributed by atoms with Crippen LogP contribution in [0.4, 0.5) is 0 Å².